The Morgan fingerprint density at radius 3 is 2.71 bits per heavy atom. The number of hydrogen-bond donors (Lipinski definition) is 1. The fourth-order valence-corrected chi connectivity index (χ4v) is 2.66. The van der Waals surface area contributed by atoms with Crippen molar-refractivity contribution in [1.29, 1.82) is 0 Å². The Morgan fingerprint density at radius 1 is 1.38 bits per heavy atom. The number of hydrogen-bond acceptors (Lipinski definition) is 4. The van der Waals surface area contributed by atoms with Gasteiger partial charge in [-0.1, -0.05) is 6.07 Å². The first-order valence-electron chi connectivity index (χ1n) is 6.62. The predicted molar refractivity (Wildman–Crippen MR) is 70.5 cm³/mol. The number of carbonyl (C=O) groups is 2. The van der Waals surface area contributed by atoms with E-state index in [0.29, 0.717) is 18.4 Å². The van der Waals surface area contributed by atoms with Gasteiger partial charge in [0, 0.05) is 24.9 Å². The first-order valence-corrected chi connectivity index (χ1v) is 6.62. The molecule has 1 N–H and O–H groups in total. The summed E-state index contributed by atoms with van der Waals surface area (Å²) in [6.07, 6.45) is 0.912. The van der Waals surface area contributed by atoms with E-state index in [4.69, 9.17) is 0 Å². The van der Waals surface area contributed by atoms with Crippen LogP contribution in [0.25, 0.3) is 10.9 Å². The van der Waals surface area contributed by atoms with Crippen LogP contribution >= 0.6 is 0 Å². The van der Waals surface area contributed by atoms with Crippen LogP contribution in [0.5, 0.6) is 0 Å². The molecule has 1 aliphatic rings. The molecule has 1 aliphatic carbocycles. The Balaban J connectivity index is 1.89. The molecule has 3 rings (SSSR count). The number of nitrogens with zero attached hydrogens (tertiary/aromatic N) is 2. The Morgan fingerprint density at radius 2 is 2.10 bits per heavy atom. The number of carbonyl (C=O) groups excluding carboxylic acids is 2. The van der Waals surface area contributed by atoms with E-state index in [-0.39, 0.29) is 11.2 Å². The second-order valence-corrected chi connectivity index (χ2v) is 5.20. The van der Waals surface area contributed by atoms with Gasteiger partial charge in [0.1, 0.15) is 5.82 Å². The maximum atomic E-state index is 13.9. The highest BCUT2D eigenvalue weighted by atomic mass is 19.1. The number of amides is 1. The first kappa shape index (κ1) is 13.5. The van der Waals surface area contributed by atoms with E-state index in [1.165, 1.54) is 10.7 Å². The molecular weight excluding hydrogens is 277 g/mol. The van der Waals surface area contributed by atoms with E-state index in [1.807, 2.05) is 0 Å². The Bertz CT molecular complexity index is 740. The van der Waals surface area contributed by atoms with E-state index in [0.717, 1.165) is 0 Å². The van der Waals surface area contributed by atoms with Crippen LogP contribution in [-0.4, -0.2) is 21.7 Å². The van der Waals surface area contributed by atoms with Crippen molar-refractivity contribution in [3.8, 4) is 0 Å². The minimum absolute atomic E-state index is 0.111. The Hall–Kier alpha value is -2.44. The monoisotopic (exact) mass is 290 g/mol. The minimum atomic E-state index is -1.22. The molecule has 1 saturated carbocycles. The van der Waals surface area contributed by atoms with Crippen molar-refractivity contribution in [2.75, 3.05) is 5.32 Å². The van der Waals surface area contributed by atoms with Gasteiger partial charge < -0.3 is 15.2 Å². The topological polar surface area (TPSA) is 87.0 Å². The van der Waals surface area contributed by atoms with Crippen LogP contribution in [0.3, 0.4) is 0 Å². The summed E-state index contributed by atoms with van der Waals surface area (Å²) in [5, 5.41) is 17.7. The van der Waals surface area contributed by atoms with Gasteiger partial charge in [0.25, 0.3) is 0 Å². The molecule has 1 heterocycles. The summed E-state index contributed by atoms with van der Waals surface area (Å²) in [6, 6.07) is 4.53. The van der Waals surface area contributed by atoms with Crippen LogP contribution in [0.1, 0.15) is 12.8 Å². The summed E-state index contributed by atoms with van der Waals surface area (Å²) in [7, 11) is 1.64. The summed E-state index contributed by atoms with van der Waals surface area (Å²) in [6.45, 7) is 0. The molecule has 0 bridgehead atoms. The quantitative estimate of drug-likeness (QED) is 0.888. The Labute approximate surface area is 119 Å². The number of anilines is 1. The number of halogens is 1. The average Bonchev–Trinajstić information content (AvgIpc) is 2.65. The van der Waals surface area contributed by atoms with Crippen LogP contribution in [0.4, 0.5) is 10.2 Å². The molecule has 6 nitrogen and oxygen atoms in total. The molecule has 0 saturated heterocycles. The third-order valence-corrected chi connectivity index (χ3v) is 3.98. The van der Waals surface area contributed by atoms with Gasteiger partial charge in [-0.15, -0.1) is 0 Å². The summed E-state index contributed by atoms with van der Waals surface area (Å²) < 4.78 is 15.4. The van der Waals surface area contributed by atoms with Crippen molar-refractivity contribution < 1.29 is 19.1 Å². The third-order valence-electron chi connectivity index (χ3n) is 3.98. The van der Waals surface area contributed by atoms with Gasteiger partial charge >= 0.3 is 0 Å². The Kier molecular flexibility index (Phi) is 3.12. The second-order valence-electron chi connectivity index (χ2n) is 5.20. The molecular formula is C14H13FN3O3-. The maximum Gasteiger partial charge on any atom is 0.229 e. The minimum Gasteiger partial charge on any atom is -0.550 e. The zero-order valence-electron chi connectivity index (χ0n) is 11.3. The van der Waals surface area contributed by atoms with Crippen LogP contribution in [0.2, 0.25) is 0 Å². The van der Waals surface area contributed by atoms with Crippen molar-refractivity contribution in [2.45, 2.75) is 12.8 Å². The number of nitrogens with one attached hydrogen (secondary N) is 1. The van der Waals surface area contributed by atoms with Crippen molar-refractivity contribution in [3.63, 3.8) is 0 Å². The van der Waals surface area contributed by atoms with Crippen molar-refractivity contribution >= 4 is 28.6 Å². The average molecular weight is 290 g/mol. The van der Waals surface area contributed by atoms with E-state index in [9.17, 15) is 19.1 Å². The molecule has 1 aromatic carbocycles. The van der Waals surface area contributed by atoms with E-state index in [2.05, 4.69) is 10.4 Å². The van der Waals surface area contributed by atoms with E-state index in [1.54, 1.807) is 19.2 Å². The van der Waals surface area contributed by atoms with E-state index < -0.39 is 29.5 Å². The largest absolute Gasteiger partial charge is 0.550 e. The van der Waals surface area contributed by atoms with Gasteiger partial charge in [0.15, 0.2) is 5.82 Å². The number of carboxylic acid groups (broad SMARTS) is 1. The maximum absolute atomic E-state index is 13.9. The summed E-state index contributed by atoms with van der Waals surface area (Å²) >= 11 is 0. The molecule has 7 heteroatoms. The van der Waals surface area contributed by atoms with Gasteiger partial charge in [-0.3, -0.25) is 9.48 Å². The highest BCUT2D eigenvalue weighted by Crippen LogP contribution is 2.35. The second kappa shape index (κ2) is 4.83. The first-order chi connectivity index (χ1) is 9.99. The zero-order valence-corrected chi connectivity index (χ0v) is 11.3. The molecule has 110 valence electrons. The fraction of sp³-hybridized carbons (Fsp3) is 0.357. The van der Waals surface area contributed by atoms with Crippen LogP contribution < -0.4 is 10.4 Å². The lowest BCUT2D eigenvalue weighted by Gasteiger charge is -2.35. The lowest BCUT2D eigenvalue weighted by molar-refractivity contribution is -0.316. The molecule has 2 aromatic rings. The van der Waals surface area contributed by atoms with Crippen molar-refractivity contribution in [1.82, 2.24) is 9.78 Å². The van der Waals surface area contributed by atoms with Gasteiger partial charge in [0.05, 0.1) is 10.9 Å². The number of aryl methyl sites for hydroxylation is 1. The SMILES string of the molecule is Cn1nc(NC(=O)[C@@H]2CC[C@@H]2C(=O)[O-])c2c(F)cccc21. The fourth-order valence-electron chi connectivity index (χ4n) is 2.66. The molecule has 21 heavy (non-hydrogen) atoms. The van der Waals surface area contributed by atoms with Crippen LogP contribution in [0, 0.1) is 17.7 Å². The number of benzene rings is 1. The molecule has 2 atom stereocenters. The predicted octanol–water partition coefficient (Wildman–Crippen LogP) is 0.427. The van der Waals surface area contributed by atoms with Gasteiger partial charge in [-0.05, 0) is 25.0 Å². The highest BCUT2D eigenvalue weighted by molar-refractivity contribution is 6.02. The van der Waals surface area contributed by atoms with Crippen LogP contribution in [-0.2, 0) is 16.6 Å². The normalized spacial score (nSPS) is 21.0. The number of aromatic nitrogens is 2. The smallest absolute Gasteiger partial charge is 0.229 e. The number of rotatable bonds is 3. The van der Waals surface area contributed by atoms with E-state index >= 15 is 0 Å². The molecule has 1 aromatic heterocycles. The highest BCUT2D eigenvalue weighted by Gasteiger charge is 2.37. The summed E-state index contributed by atoms with van der Waals surface area (Å²) in [5.74, 6) is -3.47. The third kappa shape index (κ3) is 2.14. The number of fused-ring (bicyclic) bond motifs is 1. The van der Waals surface area contributed by atoms with Gasteiger partial charge in [-0.2, -0.15) is 5.10 Å². The number of carboxylic acids is 1. The standard InChI is InChI=1S/C14H14FN3O3/c1-18-10-4-2-3-9(15)11(10)12(17-18)16-13(19)7-5-6-8(7)14(20)21/h2-4,7-8H,5-6H2,1H3,(H,20,21)(H,16,17,19)/p-1/t7-,8+/m1/s1. The van der Waals surface area contributed by atoms with Gasteiger partial charge in [-0.25, -0.2) is 4.39 Å². The molecule has 0 aliphatic heterocycles. The lowest BCUT2D eigenvalue weighted by Crippen LogP contribution is -2.46. The molecule has 0 unspecified atom stereocenters. The summed E-state index contributed by atoms with van der Waals surface area (Å²) in [5.41, 5.74) is 0.551. The molecule has 0 spiro atoms. The lowest BCUT2D eigenvalue weighted by atomic mass is 9.73. The van der Waals surface area contributed by atoms with Gasteiger partial charge in [0.2, 0.25) is 5.91 Å². The summed E-state index contributed by atoms with van der Waals surface area (Å²) in [4.78, 5) is 22.9. The van der Waals surface area contributed by atoms with Crippen LogP contribution in [0.15, 0.2) is 18.2 Å². The number of aliphatic carboxylic acids is 1. The molecule has 0 radical (unpaired) electrons. The molecule has 1 fully saturated rings. The zero-order chi connectivity index (χ0) is 15.1. The molecule has 1 amide bonds. The van der Waals surface area contributed by atoms with Crippen molar-refractivity contribution in [2.24, 2.45) is 18.9 Å². The van der Waals surface area contributed by atoms with Crippen molar-refractivity contribution in [3.05, 3.63) is 24.0 Å².